The van der Waals surface area contributed by atoms with Crippen molar-refractivity contribution in [2.45, 2.75) is 90.4 Å². The molecule has 4 amide bonds. The van der Waals surface area contributed by atoms with Crippen molar-refractivity contribution < 1.29 is 29.1 Å². The maximum atomic E-state index is 13.1. The van der Waals surface area contributed by atoms with Crippen LogP contribution in [-0.2, 0) is 24.0 Å². The van der Waals surface area contributed by atoms with Crippen LogP contribution >= 0.6 is 0 Å². The van der Waals surface area contributed by atoms with Gasteiger partial charge in [-0.2, -0.15) is 0 Å². The summed E-state index contributed by atoms with van der Waals surface area (Å²) in [4.78, 5) is 62.7. The van der Waals surface area contributed by atoms with Gasteiger partial charge in [0.25, 0.3) is 0 Å². The Bertz CT molecular complexity index is 728. The van der Waals surface area contributed by atoms with E-state index in [4.69, 9.17) is 11.5 Å². The van der Waals surface area contributed by atoms with Gasteiger partial charge in [-0.1, -0.05) is 34.1 Å². The molecule has 33 heavy (non-hydrogen) atoms. The Morgan fingerprint density at radius 2 is 1.76 bits per heavy atom. The molecular formula is C22H39N5O6. The van der Waals surface area contributed by atoms with Crippen LogP contribution in [-0.4, -0.2) is 70.3 Å². The Morgan fingerprint density at radius 1 is 1.12 bits per heavy atom. The summed E-state index contributed by atoms with van der Waals surface area (Å²) in [6, 6.07) is -3.75. The maximum absolute atomic E-state index is 13.1. The second kappa shape index (κ2) is 13.1. The first kappa shape index (κ1) is 28.3. The molecule has 0 aromatic carbocycles. The third-order valence-corrected chi connectivity index (χ3v) is 5.97. The lowest BCUT2D eigenvalue weighted by Gasteiger charge is -2.30. The van der Waals surface area contributed by atoms with Gasteiger partial charge in [-0.05, 0) is 37.5 Å². The number of carboxylic acids is 1. The number of amides is 4. The largest absolute Gasteiger partial charge is 0.480 e. The monoisotopic (exact) mass is 469 g/mol. The lowest BCUT2D eigenvalue weighted by atomic mass is 9.97. The van der Waals surface area contributed by atoms with Crippen LogP contribution in [0.1, 0.15) is 66.2 Å². The fraction of sp³-hybridized carbons (Fsp3) is 0.773. The number of rotatable bonds is 13. The van der Waals surface area contributed by atoms with E-state index in [1.807, 2.05) is 20.8 Å². The number of carboxylic acid groups (broad SMARTS) is 1. The van der Waals surface area contributed by atoms with Crippen LogP contribution in [0.25, 0.3) is 0 Å². The lowest BCUT2D eigenvalue weighted by Crippen LogP contribution is -2.58. The average Bonchev–Trinajstić information content (AvgIpc) is 3.22. The van der Waals surface area contributed by atoms with Crippen molar-refractivity contribution in [1.82, 2.24) is 15.5 Å². The molecule has 0 aliphatic carbocycles. The molecule has 11 heteroatoms. The molecule has 5 unspecified atom stereocenters. The highest BCUT2D eigenvalue weighted by atomic mass is 16.4. The molecule has 1 heterocycles. The number of carbonyl (C=O) groups excluding carboxylic acids is 4. The maximum Gasteiger partial charge on any atom is 0.326 e. The highest BCUT2D eigenvalue weighted by Gasteiger charge is 2.38. The minimum atomic E-state index is -1.31. The Kier molecular flexibility index (Phi) is 11.3. The van der Waals surface area contributed by atoms with E-state index in [2.05, 4.69) is 10.6 Å². The summed E-state index contributed by atoms with van der Waals surface area (Å²) in [7, 11) is 0. The third-order valence-electron chi connectivity index (χ3n) is 5.97. The molecule has 0 bridgehead atoms. The second-order valence-electron chi connectivity index (χ2n) is 9.20. The van der Waals surface area contributed by atoms with Crippen LogP contribution in [0.3, 0.4) is 0 Å². The summed E-state index contributed by atoms with van der Waals surface area (Å²) in [6.07, 6.45) is 1.79. The van der Waals surface area contributed by atoms with E-state index in [0.29, 0.717) is 32.2 Å². The van der Waals surface area contributed by atoms with Crippen LogP contribution in [0.5, 0.6) is 0 Å². The minimum absolute atomic E-state index is 0.157. The average molecular weight is 470 g/mol. The summed E-state index contributed by atoms with van der Waals surface area (Å²) < 4.78 is 0. The summed E-state index contributed by atoms with van der Waals surface area (Å²) >= 11 is 0. The van der Waals surface area contributed by atoms with E-state index < -0.39 is 47.9 Å². The predicted octanol–water partition coefficient (Wildman–Crippen LogP) is -0.283. The second-order valence-corrected chi connectivity index (χ2v) is 9.20. The molecule has 11 nitrogen and oxygen atoms in total. The van der Waals surface area contributed by atoms with Gasteiger partial charge < -0.3 is 32.1 Å². The van der Waals surface area contributed by atoms with Crippen LogP contribution in [0.4, 0.5) is 0 Å². The highest BCUT2D eigenvalue weighted by molar-refractivity contribution is 5.94. The van der Waals surface area contributed by atoms with Crippen molar-refractivity contribution in [3.05, 3.63) is 0 Å². The number of nitrogens with zero attached hydrogens (tertiary/aromatic N) is 1. The zero-order valence-electron chi connectivity index (χ0n) is 20.0. The van der Waals surface area contributed by atoms with E-state index in [1.165, 1.54) is 4.90 Å². The van der Waals surface area contributed by atoms with E-state index >= 15 is 0 Å². The number of nitrogens with one attached hydrogen (secondary N) is 2. The van der Waals surface area contributed by atoms with Crippen molar-refractivity contribution in [1.29, 1.82) is 0 Å². The molecule has 0 saturated carbocycles. The molecular weight excluding hydrogens is 430 g/mol. The van der Waals surface area contributed by atoms with E-state index in [9.17, 15) is 29.1 Å². The predicted molar refractivity (Wildman–Crippen MR) is 122 cm³/mol. The number of primary amides is 1. The van der Waals surface area contributed by atoms with Gasteiger partial charge in [-0.3, -0.25) is 19.2 Å². The Morgan fingerprint density at radius 3 is 2.27 bits per heavy atom. The normalized spacial score (nSPS) is 19.5. The van der Waals surface area contributed by atoms with Gasteiger partial charge in [0.1, 0.15) is 18.1 Å². The van der Waals surface area contributed by atoms with Crippen molar-refractivity contribution in [2.24, 2.45) is 23.3 Å². The standard InChI is InChI=1S/C22H39N5O6/c1-5-13(4)18(20(30)25-15(22(32)33)8-9-17(24)28)26-19(29)16-7-6-10-27(16)21(31)14(23)11-12(2)3/h12-16,18H,5-11,23H2,1-4H3,(H2,24,28)(H,25,30)(H,26,29)(H,32,33). The summed E-state index contributed by atoms with van der Waals surface area (Å²) in [5.74, 6) is -3.47. The third kappa shape index (κ3) is 8.64. The zero-order chi connectivity index (χ0) is 25.3. The van der Waals surface area contributed by atoms with Crippen molar-refractivity contribution in [3.8, 4) is 0 Å². The first-order chi connectivity index (χ1) is 15.4. The number of aliphatic carboxylic acids is 1. The van der Waals surface area contributed by atoms with Gasteiger partial charge in [0.2, 0.25) is 23.6 Å². The van der Waals surface area contributed by atoms with E-state index in [1.54, 1.807) is 6.92 Å². The van der Waals surface area contributed by atoms with Gasteiger partial charge in [-0.25, -0.2) is 4.79 Å². The molecule has 0 aromatic rings. The van der Waals surface area contributed by atoms with Crippen LogP contribution < -0.4 is 22.1 Å². The zero-order valence-corrected chi connectivity index (χ0v) is 20.0. The summed E-state index contributed by atoms with van der Waals surface area (Å²) in [5, 5.41) is 14.5. The van der Waals surface area contributed by atoms with Gasteiger partial charge in [0, 0.05) is 13.0 Å². The number of nitrogens with two attached hydrogens (primary N) is 2. The van der Waals surface area contributed by atoms with Gasteiger partial charge in [-0.15, -0.1) is 0 Å². The van der Waals surface area contributed by atoms with E-state index in [0.717, 1.165) is 0 Å². The molecule has 1 saturated heterocycles. The van der Waals surface area contributed by atoms with Crippen LogP contribution in [0.2, 0.25) is 0 Å². The van der Waals surface area contributed by atoms with Crippen molar-refractivity contribution in [3.63, 3.8) is 0 Å². The smallest absolute Gasteiger partial charge is 0.326 e. The molecule has 0 spiro atoms. The Labute approximate surface area is 195 Å². The topological polar surface area (TPSA) is 185 Å². The molecule has 1 rings (SSSR count). The Balaban J connectivity index is 2.93. The number of hydrogen-bond donors (Lipinski definition) is 5. The molecule has 5 atom stereocenters. The van der Waals surface area contributed by atoms with E-state index in [-0.39, 0.29) is 30.6 Å². The highest BCUT2D eigenvalue weighted by Crippen LogP contribution is 2.21. The fourth-order valence-corrected chi connectivity index (χ4v) is 3.88. The van der Waals surface area contributed by atoms with Gasteiger partial charge in [0.15, 0.2) is 0 Å². The SMILES string of the molecule is CCC(C)C(NC(=O)C1CCCN1C(=O)C(N)CC(C)C)C(=O)NC(CCC(N)=O)C(=O)O. The summed E-state index contributed by atoms with van der Waals surface area (Å²) in [5.41, 5.74) is 11.1. The molecule has 1 fully saturated rings. The Hall–Kier alpha value is -2.69. The molecule has 0 aromatic heterocycles. The first-order valence-electron chi connectivity index (χ1n) is 11.6. The van der Waals surface area contributed by atoms with Crippen molar-refractivity contribution >= 4 is 29.6 Å². The fourth-order valence-electron chi connectivity index (χ4n) is 3.88. The van der Waals surface area contributed by atoms with Crippen LogP contribution in [0.15, 0.2) is 0 Å². The minimum Gasteiger partial charge on any atom is -0.480 e. The quantitative estimate of drug-likeness (QED) is 0.245. The molecule has 0 radical (unpaired) electrons. The van der Waals surface area contributed by atoms with Gasteiger partial charge in [0.05, 0.1) is 6.04 Å². The first-order valence-corrected chi connectivity index (χ1v) is 11.6. The van der Waals surface area contributed by atoms with Gasteiger partial charge >= 0.3 is 5.97 Å². The molecule has 7 N–H and O–H groups in total. The number of hydrogen-bond acceptors (Lipinski definition) is 6. The molecule has 1 aliphatic rings. The number of carbonyl (C=O) groups is 5. The lowest BCUT2D eigenvalue weighted by molar-refractivity contribution is -0.143. The van der Waals surface area contributed by atoms with Crippen LogP contribution in [0, 0.1) is 11.8 Å². The molecule has 188 valence electrons. The molecule has 1 aliphatic heterocycles. The summed E-state index contributed by atoms with van der Waals surface area (Å²) in [6.45, 7) is 7.95. The van der Waals surface area contributed by atoms with Crippen molar-refractivity contribution in [2.75, 3.05) is 6.54 Å². The number of likely N-dealkylation sites (tertiary alicyclic amines) is 1.